The van der Waals surface area contributed by atoms with Crippen molar-refractivity contribution >= 4 is 10.9 Å². The molecular formula is C25H23N. The zero-order chi connectivity index (χ0) is 18.1. The predicted molar refractivity (Wildman–Crippen MR) is 111 cm³/mol. The van der Waals surface area contributed by atoms with E-state index in [-0.39, 0.29) is 5.41 Å². The summed E-state index contributed by atoms with van der Waals surface area (Å²) in [4.78, 5) is 5.10. The number of hydrogen-bond acceptors (Lipinski definition) is 1. The average Bonchev–Trinajstić information content (AvgIpc) is 2.67. The highest BCUT2D eigenvalue weighted by Gasteiger charge is 2.25. The summed E-state index contributed by atoms with van der Waals surface area (Å²) in [6, 6.07) is 29.7. The zero-order valence-electron chi connectivity index (χ0n) is 15.5. The topological polar surface area (TPSA) is 12.9 Å². The Morgan fingerprint density at radius 2 is 1.15 bits per heavy atom. The maximum absolute atomic E-state index is 5.10. The maximum atomic E-state index is 5.10. The van der Waals surface area contributed by atoms with Crippen LogP contribution in [0.5, 0.6) is 0 Å². The lowest BCUT2D eigenvalue weighted by molar-refractivity contribution is 0.597. The lowest BCUT2D eigenvalue weighted by Gasteiger charge is -2.27. The molecule has 26 heavy (non-hydrogen) atoms. The van der Waals surface area contributed by atoms with Gasteiger partial charge >= 0.3 is 0 Å². The van der Waals surface area contributed by atoms with Crippen LogP contribution in [0.1, 0.15) is 26.3 Å². The molecule has 128 valence electrons. The molecule has 0 radical (unpaired) electrons. The van der Waals surface area contributed by atoms with E-state index >= 15 is 0 Å². The van der Waals surface area contributed by atoms with Gasteiger partial charge in [-0.1, -0.05) is 99.6 Å². The highest BCUT2D eigenvalue weighted by Crippen LogP contribution is 2.42. The summed E-state index contributed by atoms with van der Waals surface area (Å²) in [5, 5.41) is 1.23. The van der Waals surface area contributed by atoms with Crippen molar-refractivity contribution in [1.82, 2.24) is 4.98 Å². The van der Waals surface area contributed by atoms with Crippen LogP contribution < -0.4 is 0 Å². The van der Waals surface area contributed by atoms with Gasteiger partial charge in [0, 0.05) is 16.5 Å². The molecule has 0 amide bonds. The van der Waals surface area contributed by atoms with Crippen LogP contribution in [0.2, 0.25) is 0 Å². The van der Waals surface area contributed by atoms with Crippen molar-refractivity contribution in [3.05, 3.63) is 90.5 Å². The molecule has 3 aromatic carbocycles. The number of hydrogen-bond donors (Lipinski definition) is 0. The smallest absolute Gasteiger partial charge is 0.0791 e. The number of rotatable bonds is 2. The Hall–Kier alpha value is -2.93. The second-order valence-electron chi connectivity index (χ2n) is 7.71. The van der Waals surface area contributed by atoms with Gasteiger partial charge in [0.05, 0.1) is 11.2 Å². The summed E-state index contributed by atoms with van der Waals surface area (Å²) in [5.74, 6) is 0. The molecule has 0 spiro atoms. The van der Waals surface area contributed by atoms with E-state index in [0.717, 1.165) is 16.8 Å². The molecular weight excluding hydrogens is 314 g/mol. The Labute approximate surface area is 155 Å². The highest BCUT2D eigenvalue weighted by molar-refractivity contribution is 5.96. The Balaban J connectivity index is 2.20. The van der Waals surface area contributed by atoms with Gasteiger partial charge in [-0.15, -0.1) is 0 Å². The third kappa shape index (κ3) is 2.90. The number of pyridine rings is 1. The largest absolute Gasteiger partial charge is 0.247 e. The second-order valence-corrected chi connectivity index (χ2v) is 7.71. The third-order valence-corrected chi connectivity index (χ3v) is 4.75. The van der Waals surface area contributed by atoms with Crippen molar-refractivity contribution < 1.29 is 0 Å². The monoisotopic (exact) mass is 337 g/mol. The van der Waals surface area contributed by atoms with E-state index in [2.05, 4.69) is 106 Å². The first-order valence-corrected chi connectivity index (χ1v) is 9.10. The van der Waals surface area contributed by atoms with Crippen LogP contribution >= 0.6 is 0 Å². The standard InChI is InChI=1S/C25H23N/c1-25(2,3)23-20-16-10-11-17-21(20)26-24(19-14-8-5-9-15-19)22(23)18-12-6-4-7-13-18/h4-17H,1-3H3. The second kappa shape index (κ2) is 6.42. The molecule has 0 aliphatic carbocycles. The molecule has 0 bridgehead atoms. The molecule has 1 nitrogen and oxygen atoms in total. The number of nitrogens with zero attached hydrogens (tertiary/aromatic N) is 1. The van der Waals surface area contributed by atoms with Gasteiger partial charge < -0.3 is 0 Å². The van der Waals surface area contributed by atoms with Crippen LogP contribution in [0.25, 0.3) is 33.3 Å². The fraction of sp³-hybridized carbons (Fsp3) is 0.160. The quantitative estimate of drug-likeness (QED) is 0.389. The van der Waals surface area contributed by atoms with Crippen molar-refractivity contribution in [2.75, 3.05) is 0 Å². The summed E-state index contributed by atoms with van der Waals surface area (Å²) in [7, 11) is 0. The van der Waals surface area contributed by atoms with Crippen LogP contribution in [0, 0.1) is 0 Å². The third-order valence-electron chi connectivity index (χ3n) is 4.75. The Morgan fingerprint density at radius 3 is 1.77 bits per heavy atom. The van der Waals surface area contributed by atoms with Crippen LogP contribution in [0.15, 0.2) is 84.9 Å². The first-order chi connectivity index (χ1) is 12.6. The fourth-order valence-electron chi connectivity index (χ4n) is 3.68. The molecule has 0 atom stereocenters. The van der Waals surface area contributed by atoms with Crippen LogP contribution in [-0.4, -0.2) is 4.98 Å². The van der Waals surface area contributed by atoms with Crippen molar-refractivity contribution in [3.63, 3.8) is 0 Å². The minimum Gasteiger partial charge on any atom is -0.247 e. The van der Waals surface area contributed by atoms with Crippen LogP contribution in [0.4, 0.5) is 0 Å². The molecule has 1 aromatic heterocycles. The van der Waals surface area contributed by atoms with Gasteiger partial charge in [-0.3, -0.25) is 0 Å². The highest BCUT2D eigenvalue weighted by atomic mass is 14.7. The number of para-hydroxylation sites is 1. The van der Waals surface area contributed by atoms with Crippen LogP contribution in [-0.2, 0) is 5.41 Å². The van der Waals surface area contributed by atoms with Crippen LogP contribution in [0.3, 0.4) is 0 Å². The van der Waals surface area contributed by atoms with E-state index in [4.69, 9.17) is 4.98 Å². The Bertz CT molecular complexity index is 1040. The molecule has 1 heteroatoms. The van der Waals surface area contributed by atoms with Gasteiger partial charge in [-0.25, -0.2) is 4.98 Å². The van der Waals surface area contributed by atoms with Crippen molar-refractivity contribution in [2.45, 2.75) is 26.2 Å². The summed E-state index contributed by atoms with van der Waals surface area (Å²) in [6.45, 7) is 6.86. The molecule has 4 rings (SSSR count). The van der Waals surface area contributed by atoms with Gasteiger partial charge in [0.2, 0.25) is 0 Å². The molecule has 0 saturated carbocycles. The minimum absolute atomic E-state index is 0.00273. The van der Waals surface area contributed by atoms with Gasteiger partial charge in [0.1, 0.15) is 0 Å². The van der Waals surface area contributed by atoms with Gasteiger partial charge in [0.25, 0.3) is 0 Å². The molecule has 4 aromatic rings. The number of benzene rings is 3. The number of aromatic nitrogens is 1. The summed E-state index contributed by atoms with van der Waals surface area (Å²) >= 11 is 0. The molecule has 0 aliphatic rings. The van der Waals surface area contributed by atoms with E-state index in [1.165, 1.54) is 22.1 Å². The van der Waals surface area contributed by atoms with Crippen molar-refractivity contribution in [1.29, 1.82) is 0 Å². The van der Waals surface area contributed by atoms with Crippen molar-refractivity contribution in [3.8, 4) is 22.4 Å². The molecule has 0 saturated heterocycles. The molecule has 0 fully saturated rings. The average molecular weight is 337 g/mol. The van der Waals surface area contributed by atoms with Gasteiger partial charge in [0.15, 0.2) is 0 Å². The maximum Gasteiger partial charge on any atom is 0.0791 e. The van der Waals surface area contributed by atoms with E-state index < -0.39 is 0 Å². The minimum atomic E-state index is -0.00273. The number of fused-ring (bicyclic) bond motifs is 1. The molecule has 0 aliphatic heterocycles. The van der Waals surface area contributed by atoms with Gasteiger partial charge in [-0.2, -0.15) is 0 Å². The fourth-order valence-corrected chi connectivity index (χ4v) is 3.68. The summed E-state index contributed by atoms with van der Waals surface area (Å²) < 4.78 is 0. The van der Waals surface area contributed by atoms with E-state index in [9.17, 15) is 0 Å². The first-order valence-electron chi connectivity index (χ1n) is 9.10. The molecule has 1 heterocycles. The lowest BCUT2D eigenvalue weighted by Crippen LogP contribution is -2.15. The van der Waals surface area contributed by atoms with Gasteiger partial charge in [-0.05, 0) is 22.6 Å². The van der Waals surface area contributed by atoms with E-state index in [1.54, 1.807) is 0 Å². The van der Waals surface area contributed by atoms with E-state index in [1.807, 2.05) is 0 Å². The normalized spacial score (nSPS) is 11.7. The Morgan fingerprint density at radius 1 is 0.615 bits per heavy atom. The van der Waals surface area contributed by atoms with E-state index in [0.29, 0.717) is 0 Å². The molecule has 0 unspecified atom stereocenters. The van der Waals surface area contributed by atoms with Crippen molar-refractivity contribution in [2.24, 2.45) is 0 Å². The first kappa shape index (κ1) is 16.5. The SMILES string of the molecule is CC(C)(C)c1c(-c2ccccc2)c(-c2ccccc2)nc2ccccc12. The summed E-state index contributed by atoms with van der Waals surface area (Å²) in [6.07, 6.45) is 0. The zero-order valence-corrected chi connectivity index (χ0v) is 15.5. The Kier molecular flexibility index (Phi) is 4.08. The summed E-state index contributed by atoms with van der Waals surface area (Å²) in [5.41, 5.74) is 7.07. The predicted octanol–water partition coefficient (Wildman–Crippen LogP) is 6.87. The molecule has 0 N–H and O–H groups in total. The lowest BCUT2D eigenvalue weighted by atomic mass is 9.78.